The van der Waals surface area contributed by atoms with Crippen LogP contribution >= 0.6 is 0 Å². The molecule has 2 amide bonds. The Bertz CT molecular complexity index is 865. The summed E-state index contributed by atoms with van der Waals surface area (Å²) in [4.78, 5) is 24.1. The number of rotatable bonds is 4. The van der Waals surface area contributed by atoms with Crippen molar-refractivity contribution in [1.82, 2.24) is 5.32 Å². The molecule has 2 heterocycles. The van der Waals surface area contributed by atoms with E-state index in [2.05, 4.69) is 10.6 Å². The molecule has 2 N–H and O–H groups in total. The summed E-state index contributed by atoms with van der Waals surface area (Å²) in [5, 5.41) is 5.56. The van der Waals surface area contributed by atoms with E-state index in [4.69, 9.17) is 14.2 Å². The first kappa shape index (κ1) is 16.3. The number of ether oxygens (including phenoxy) is 3. The Hall–Kier alpha value is -3.22. The molecule has 0 spiro atoms. The Kier molecular flexibility index (Phi) is 4.35. The lowest BCUT2D eigenvalue weighted by Crippen LogP contribution is -2.32. The van der Waals surface area contributed by atoms with Gasteiger partial charge in [0.05, 0.1) is 0 Å². The molecule has 7 nitrogen and oxygen atoms in total. The van der Waals surface area contributed by atoms with Gasteiger partial charge in [-0.25, -0.2) is 0 Å². The van der Waals surface area contributed by atoms with E-state index in [9.17, 15) is 9.59 Å². The fourth-order valence-corrected chi connectivity index (χ4v) is 3.03. The molecule has 0 aliphatic carbocycles. The number of carbonyl (C=O) groups excluding carboxylic acids is 2. The molecule has 0 saturated carbocycles. The lowest BCUT2D eigenvalue weighted by Gasteiger charge is -2.20. The van der Waals surface area contributed by atoms with Crippen molar-refractivity contribution < 1.29 is 23.8 Å². The highest BCUT2D eigenvalue weighted by Gasteiger charge is 2.20. The maximum absolute atomic E-state index is 12.2. The second kappa shape index (κ2) is 6.95. The quantitative estimate of drug-likeness (QED) is 0.874. The number of amides is 2. The van der Waals surface area contributed by atoms with Gasteiger partial charge >= 0.3 is 0 Å². The Labute approximate surface area is 150 Å². The summed E-state index contributed by atoms with van der Waals surface area (Å²) in [7, 11) is 0. The van der Waals surface area contributed by atoms with Gasteiger partial charge < -0.3 is 24.8 Å². The van der Waals surface area contributed by atoms with Crippen LogP contribution in [0.1, 0.15) is 15.9 Å². The minimum atomic E-state index is -0.292. The first-order valence-electron chi connectivity index (χ1n) is 8.43. The molecule has 0 bridgehead atoms. The topological polar surface area (TPSA) is 85.9 Å². The monoisotopic (exact) mass is 354 g/mol. The second-order valence-electron chi connectivity index (χ2n) is 5.98. The molecule has 0 unspecified atom stereocenters. The Morgan fingerprint density at radius 1 is 1.15 bits per heavy atom. The summed E-state index contributed by atoms with van der Waals surface area (Å²) < 4.78 is 16.6. The largest absolute Gasteiger partial charge is 0.486 e. The van der Waals surface area contributed by atoms with Crippen LogP contribution < -0.4 is 24.8 Å². The van der Waals surface area contributed by atoms with Crippen LogP contribution in [0.3, 0.4) is 0 Å². The summed E-state index contributed by atoms with van der Waals surface area (Å²) in [5.41, 5.74) is 2.04. The van der Waals surface area contributed by atoms with E-state index in [0.717, 1.165) is 5.56 Å². The molecule has 26 heavy (non-hydrogen) atoms. The van der Waals surface area contributed by atoms with Crippen molar-refractivity contribution in [3.8, 4) is 17.2 Å². The zero-order chi connectivity index (χ0) is 17.9. The van der Waals surface area contributed by atoms with E-state index in [-0.39, 0.29) is 18.4 Å². The van der Waals surface area contributed by atoms with E-state index < -0.39 is 0 Å². The molecule has 0 atom stereocenters. The van der Waals surface area contributed by atoms with Crippen LogP contribution in [0.4, 0.5) is 5.69 Å². The van der Waals surface area contributed by atoms with Gasteiger partial charge in [0.15, 0.2) is 18.1 Å². The van der Waals surface area contributed by atoms with Crippen LogP contribution in [0.25, 0.3) is 0 Å². The highest BCUT2D eigenvalue weighted by molar-refractivity contribution is 5.97. The third-order valence-corrected chi connectivity index (χ3v) is 4.22. The van der Waals surface area contributed by atoms with Crippen molar-refractivity contribution in [3.63, 3.8) is 0 Å². The van der Waals surface area contributed by atoms with Crippen LogP contribution in [0, 0.1) is 0 Å². The summed E-state index contributed by atoms with van der Waals surface area (Å²) in [5.74, 6) is 1.43. The lowest BCUT2D eigenvalue weighted by atomic mass is 9.99. The van der Waals surface area contributed by atoms with Gasteiger partial charge in [-0.05, 0) is 30.7 Å². The number of carbonyl (C=O) groups is 2. The molecule has 0 fully saturated rings. The van der Waals surface area contributed by atoms with Crippen molar-refractivity contribution >= 4 is 17.5 Å². The van der Waals surface area contributed by atoms with Crippen molar-refractivity contribution in [1.29, 1.82) is 0 Å². The van der Waals surface area contributed by atoms with Gasteiger partial charge in [0.1, 0.15) is 19.0 Å². The van der Waals surface area contributed by atoms with Crippen molar-refractivity contribution in [2.45, 2.75) is 6.42 Å². The molecular formula is C19H18N2O5. The minimum Gasteiger partial charge on any atom is -0.486 e. The van der Waals surface area contributed by atoms with Crippen LogP contribution in [0.15, 0.2) is 36.4 Å². The zero-order valence-corrected chi connectivity index (χ0v) is 14.0. The van der Waals surface area contributed by atoms with E-state index >= 15 is 0 Å². The molecule has 134 valence electrons. The molecule has 0 aromatic heterocycles. The van der Waals surface area contributed by atoms with Crippen LogP contribution in [-0.4, -0.2) is 38.2 Å². The molecular weight excluding hydrogens is 336 g/mol. The Morgan fingerprint density at radius 3 is 2.88 bits per heavy atom. The first-order chi connectivity index (χ1) is 12.7. The van der Waals surface area contributed by atoms with E-state index in [1.54, 1.807) is 36.4 Å². The summed E-state index contributed by atoms with van der Waals surface area (Å²) in [6.45, 7) is 1.42. The van der Waals surface area contributed by atoms with Gasteiger partial charge in [-0.3, -0.25) is 9.59 Å². The standard InChI is InChI=1S/C19H18N2O5/c22-18(21-12-4-5-16-17(10-12)25-9-8-24-16)11-26-15-3-1-2-14-13(15)6-7-20-19(14)23/h1-5,10H,6-9,11H2,(H,20,23)(H,21,22). The van der Waals surface area contributed by atoms with Gasteiger partial charge in [0.2, 0.25) is 0 Å². The van der Waals surface area contributed by atoms with Gasteiger partial charge in [0.25, 0.3) is 11.8 Å². The van der Waals surface area contributed by atoms with Gasteiger partial charge in [-0.15, -0.1) is 0 Å². The normalized spacial score (nSPS) is 14.8. The number of benzene rings is 2. The number of hydrogen-bond donors (Lipinski definition) is 2. The fraction of sp³-hybridized carbons (Fsp3) is 0.263. The van der Waals surface area contributed by atoms with E-state index in [1.165, 1.54) is 0 Å². The first-order valence-corrected chi connectivity index (χ1v) is 8.43. The third kappa shape index (κ3) is 3.28. The molecule has 0 saturated heterocycles. The SMILES string of the molecule is O=C(COc1cccc2c1CCNC2=O)Nc1ccc2c(c1)OCCO2. The molecule has 2 aromatic carbocycles. The highest BCUT2D eigenvalue weighted by atomic mass is 16.6. The molecule has 0 radical (unpaired) electrons. The van der Waals surface area contributed by atoms with Crippen LogP contribution in [0.5, 0.6) is 17.2 Å². The zero-order valence-electron chi connectivity index (χ0n) is 14.0. The average molecular weight is 354 g/mol. The Balaban J connectivity index is 1.40. The fourth-order valence-electron chi connectivity index (χ4n) is 3.03. The smallest absolute Gasteiger partial charge is 0.262 e. The van der Waals surface area contributed by atoms with E-state index in [0.29, 0.717) is 54.7 Å². The van der Waals surface area contributed by atoms with E-state index in [1.807, 2.05) is 0 Å². The van der Waals surface area contributed by atoms with Crippen molar-refractivity contribution in [3.05, 3.63) is 47.5 Å². The predicted octanol–water partition coefficient (Wildman–Crippen LogP) is 1.76. The maximum atomic E-state index is 12.2. The molecule has 2 aliphatic rings. The highest BCUT2D eigenvalue weighted by Crippen LogP contribution is 2.32. The molecule has 2 aliphatic heterocycles. The Morgan fingerprint density at radius 2 is 2.00 bits per heavy atom. The number of anilines is 1. The second-order valence-corrected chi connectivity index (χ2v) is 5.98. The number of fused-ring (bicyclic) bond motifs is 2. The molecule has 7 heteroatoms. The van der Waals surface area contributed by atoms with Crippen molar-refractivity contribution in [2.24, 2.45) is 0 Å². The molecule has 2 aromatic rings. The lowest BCUT2D eigenvalue weighted by molar-refractivity contribution is -0.118. The average Bonchev–Trinajstić information content (AvgIpc) is 2.67. The van der Waals surface area contributed by atoms with Gasteiger partial charge in [-0.1, -0.05) is 6.07 Å². The van der Waals surface area contributed by atoms with Gasteiger partial charge in [-0.2, -0.15) is 0 Å². The molecule has 4 rings (SSSR count). The van der Waals surface area contributed by atoms with Crippen LogP contribution in [0.2, 0.25) is 0 Å². The third-order valence-electron chi connectivity index (χ3n) is 4.22. The summed E-state index contributed by atoms with van der Waals surface area (Å²) in [6, 6.07) is 10.5. The number of nitrogens with one attached hydrogen (secondary N) is 2. The van der Waals surface area contributed by atoms with Crippen molar-refractivity contribution in [2.75, 3.05) is 31.7 Å². The summed E-state index contributed by atoms with van der Waals surface area (Å²) >= 11 is 0. The minimum absolute atomic E-state index is 0.113. The predicted molar refractivity (Wildman–Crippen MR) is 94.0 cm³/mol. The van der Waals surface area contributed by atoms with Crippen LogP contribution in [-0.2, 0) is 11.2 Å². The maximum Gasteiger partial charge on any atom is 0.262 e. The summed E-state index contributed by atoms with van der Waals surface area (Å²) in [6.07, 6.45) is 0.682. The van der Waals surface area contributed by atoms with Gasteiger partial charge in [0, 0.05) is 29.4 Å². The number of hydrogen-bond acceptors (Lipinski definition) is 5.